The number of aryl methyl sites for hydroxylation is 1. The Morgan fingerprint density at radius 2 is 2.18 bits per heavy atom. The second-order valence-corrected chi connectivity index (χ2v) is 4.98. The minimum atomic E-state index is -0.246. The molecule has 0 unspecified atom stereocenters. The fourth-order valence-corrected chi connectivity index (χ4v) is 2.17. The first-order chi connectivity index (χ1) is 8.11. The van der Waals surface area contributed by atoms with E-state index in [1.54, 1.807) is 6.07 Å². The van der Waals surface area contributed by atoms with Gasteiger partial charge in [0.1, 0.15) is 11.6 Å². The maximum Gasteiger partial charge on any atom is 0.125 e. The zero-order valence-electron chi connectivity index (χ0n) is 10.1. The average Bonchev–Trinajstić information content (AvgIpc) is 2.56. The van der Waals surface area contributed by atoms with Crippen LogP contribution in [0.15, 0.2) is 18.2 Å². The lowest BCUT2D eigenvalue weighted by molar-refractivity contribution is 0.519. The van der Waals surface area contributed by atoms with Crippen molar-refractivity contribution in [2.24, 2.45) is 5.92 Å². The molecule has 0 aliphatic carbocycles. The van der Waals surface area contributed by atoms with Gasteiger partial charge in [-0.25, -0.2) is 9.37 Å². The molecule has 0 spiro atoms. The van der Waals surface area contributed by atoms with Crippen LogP contribution in [-0.4, -0.2) is 15.4 Å². The number of nitrogens with zero attached hydrogens (tertiary/aromatic N) is 2. The van der Waals surface area contributed by atoms with Crippen molar-refractivity contribution in [2.75, 3.05) is 5.88 Å². The van der Waals surface area contributed by atoms with Gasteiger partial charge >= 0.3 is 0 Å². The van der Waals surface area contributed by atoms with E-state index < -0.39 is 0 Å². The molecule has 0 N–H and O–H groups in total. The van der Waals surface area contributed by atoms with Crippen molar-refractivity contribution in [1.82, 2.24) is 9.55 Å². The van der Waals surface area contributed by atoms with E-state index in [4.69, 9.17) is 11.6 Å². The van der Waals surface area contributed by atoms with Gasteiger partial charge in [-0.2, -0.15) is 0 Å². The van der Waals surface area contributed by atoms with Gasteiger partial charge in [-0.3, -0.25) is 0 Å². The number of alkyl halides is 1. The van der Waals surface area contributed by atoms with Gasteiger partial charge < -0.3 is 4.57 Å². The highest BCUT2D eigenvalue weighted by molar-refractivity contribution is 6.17. The van der Waals surface area contributed by atoms with E-state index in [1.807, 2.05) is 0 Å². The van der Waals surface area contributed by atoms with Crippen molar-refractivity contribution < 1.29 is 4.39 Å². The van der Waals surface area contributed by atoms with Crippen LogP contribution in [0.5, 0.6) is 0 Å². The summed E-state index contributed by atoms with van der Waals surface area (Å²) in [6, 6.07) is 4.74. The molecule has 0 bridgehead atoms. The standard InChI is InChI=1S/C13H16ClFN2/c1-9(2)8-17-12-4-3-10(15)7-11(12)16-13(17)5-6-14/h3-4,7,9H,5-6,8H2,1-2H3. The molecule has 0 saturated heterocycles. The lowest BCUT2D eigenvalue weighted by Crippen LogP contribution is -2.09. The number of halogens is 2. The van der Waals surface area contributed by atoms with Crippen molar-refractivity contribution in [1.29, 1.82) is 0 Å². The third kappa shape index (κ3) is 2.60. The minimum absolute atomic E-state index is 0.246. The molecule has 0 radical (unpaired) electrons. The van der Waals surface area contributed by atoms with Crippen LogP contribution in [0, 0.1) is 11.7 Å². The molecule has 0 amide bonds. The number of aromatic nitrogens is 2. The fraction of sp³-hybridized carbons (Fsp3) is 0.462. The molecule has 2 nitrogen and oxygen atoms in total. The molecule has 2 rings (SSSR count). The van der Waals surface area contributed by atoms with Crippen molar-refractivity contribution in [3.63, 3.8) is 0 Å². The lowest BCUT2D eigenvalue weighted by atomic mass is 10.2. The Kier molecular flexibility index (Phi) is 3.67. The van der Waals surface area contributed by atoms with Crippen LogP contribution in [0.4, 0.5) is 4.39 Å². The summed E-state index contributed by atoms with van der Waals surface area (Å²) in [7, 11) is 0. The topological polar surface area (TPSA) is 17.8 Å². The fourth-order valence-electron chi connectivity index (χ4n) is 2.00. The first-order valence-electron chi connectivity index (χ1n) is 5.82. The normalized spacial score (nSPS) is 11.6. The molecule has 17 heavy (non-hydrogen) atoms. The predicted molar refractivity (Wildman–Crippen MR) is 69.0 cm³/mol. The number of fused-ring (bicyclic) bond motifs is 1. The molecule has 0 saturated carbocycles. The van der Waals surface area contributed by atoms with Crippen molar-refractivity contribution >= 4 is 22.6 Å². The SMILES string of the molecule is CC(C)Cn1c(CCCl)nc2cc(F)ccc21. The molecule has 0 aliphatic heterocycles. The number of rotatable bonds is 4. The molecule has 0 fully saturated rings. The Balaban J connectivity index is 2.54. The lowest BCUT2D eigenvalue weighted by Gasteiger charge is -2.10. The summed E-state index contributed by atoms with van der Waals surface area (Å²) >= 11 is 5.78. The third-order valence-electron chi connectivity index (χ3n) is 2.66. The van der Waals surface area contributed by atoms with Crippen LogP contribution in [-0.2, 0) is 13.0 Å². The summed E-state index contributed by atoms with van der Waals surface area (Å²) in [5, 5.41) is 0. The van der Waals surface area contributed by atoms with Crippen molar-refractivity contribution in [3.8, 4) is 0 Å². The van der Waals surface area contributed by atoms with E-state index in [0.717, 1.165) is 17.9 Å². The Morgan fingerprint density at radius 1 is 1.41 bits per heavy atom. The van der Waals surface area contributed by atoms with Gasteiger partial charge in [0.15, 0.2) is 0 Å². The van der Waals surface area contributed by atoms with Gasteiger partial charge in [-0.1, -0.05) is 13.8 Å². The van der Waals surface area contributed by atoms with Gasteiger partial charge in [0.2, 0.25) is 0 Å². The van der Waals surface area contributed by atoms with Crippen LogP contribution in [0.25, 0.3) is 11.0 Å². The van der Waals surface area contributed by atoms with Crippen LogP contribution in [0.3, 0.4) is 0 Å². The Bertz CT molecular complexity index is 519. The van der Waals surface area contributed by atoms with Crippen molar-refractivity contribution in [3.05, 3.63) is 29.8 Å². The average molecular weight is 255 g/mol. The minimum Gasteiger partial charge on any atom is -0.328 e. The summed E-state index contributed by atoms with van der Waals surface area (Å²) in [5.41, 5.74) is 1.70. The van der Waals surface area contributed by atoms with Gasteiger partial charge in [-0.05, 0) is 18.1 Å². The number of imidazole rings is 1. The molecule has 1 aromatic heterocycles. The van der Waals surface area contributed by atoms with Crippen LogP contribution < -0.4 is 0 Å². The van der Waals surface area contributed by atoms with Gasteiger partial charge in [-0.15, -0.1) is 11.6 Å². The van der Waals surface area contributed by atoms with Crippen LogP contribution >= 0.6 is 11.6 Å². The molecule has 1 aromatic carbocycles. The highest BCUT2D eigenvalue weighted by Gasteiger charge is 2.11. The second-order valence-electron chi connectivity index (χ2n) is 4.60. The Hall–Kier alpha value is -1.09. The van der Waals surface area contributed by atoms with E-state index in [1.165, 1.54) is 12.1 Å². The van der Waals surface area contributed by atoms with Crippen LogP contribution in [0.2, 0.25) is 0 Å². The smallest absolute Gasteiger partial charge is 0.125 e. The summed E-state index contributed by atoms with van der Waals surface area (Å²) in [4.78, 5) is 4.45. The Labute approximate surface area is 105 Å². The van der Waals surface area contributed by atoms with E-state index in [2.05, 4.69) is 23.4 Å². The van der Waals surface area contributed by atoms with Gasteiger partial charge in [0.05, 0.1) is 11.0 Å². The highest BCUT2D eigenvalue weighted by Crippen LogP contribution is 2.19. The zero-order valence-corrected chi connectivity index (χ0v) is 10.8. The maximum atomic E-state index is 13.2. The third-order valence-corrected chi connectivity index (χ3v) is 2.84. The summed E-state index contributed by atoms with van der Waals surface area (Å²) in [6.45, 7) is 5.19. The molecular weight excluding hydrogens is 239 g/mol. The predicted octanol–water partition coefficient (Wildman–Crippen LogP) is 3.61. The van der Waals surface area contributed by atoms with E-state index in [0.29, 0.717) is 23.7 Å². The van der Waals surface area contributed by atoms with Crippen LogP contribution in [0.1, 0.15) is 19.7 Å². The monoisotopic (exact) mass is 254 g/mol. The Morgan fingerprint density at radius 3 is 2.82 bits per heavy atom. The molecule has 4 heteroatoms. The zero-order chi connectivity index (χ0) is 12.4. The second kappa shape index (κ2) is 5.05. The molecule has 0 aliphatic rings. The number of hydrogen-bond acceptors (Lipinski definition) is 1. The quantitative estimate of drug-likeness (QED) is 0.762. The van der Waals surface area contributed by atoms with E-state index in [9.17, 15) is 4.39 Å². The summed E-state index contributed by atoms with van der Waals surface area (Å²) in [5.74, 6) is 1.74. The molecule has 0 atom stereocenters. The number of hydrogen-bond donors (Lipinski definition) is 0. The summed E-state index contributed by atoms with van der Waals surface area (Å²) in [6.07, 6.45) is 0.713. The van der Waals surface area contributed by atoms with Gasteiger partial charge in [0, 0.05) is 24.9 Å². The molecule has 92 valence electrons. The van der Waals surface area contributed by atoms with Gasteiger partial charge in [0.25, 0.3) is 0 Å². The largest absolute Gasteiger partial charge is 0.328 e. The first-order valence-corrected chi connectivity index (χ1v) is 6.36. The molecular formula is C13H16ClFN2. The first kappa shape index (κ1) is 12.4. The summed E-state index contributed by atoms with van der Waals surface area (Å²) < 4.78 is 15.3. The van der Waals surface area contributed by atoms with Crippen molar-refractivity contribution in [2.45, 2.75) is 26.8 Å². The maximum absolute atomic E-state index is 13.2. The molecule has 2 aromatic rings. The number of benzene rings is 1. The highest BCUT2D eigenvalue weighted by atomic mass is 35.5. The van der Waals surface area contributed by atoms with E-state index >= 15 is 0 Å². The molecule has 1 heterocycles. The van der Waals surface area contributed by atoms with E-state index in [-0.39, 0.29) is 5.82 Å².